The Morgan fingerprint density at radius 1 is 0.971 bits per heavy atom. The first-order valence-corrected chi connectivity index (χ1v) is 12.9. The standard InChI is InChI=1S/C28H35ClN4O2/c1-2-3-15-30-28(34)31-27-25-8-5-4-7-22(25)9-14-26(27)35-21-6-16-32-17-19-33(20-18-32)24-12-10-23(29)11-13-24/h4-5,7-14H,2-3,6,15-21H2,1H3,(H2,30,31,34). The van der Waals surface area contributed by atoms with E-state index in [0.717, 1.165) is 73.5 Å². The Labute approximate surface area is 213 Å². The summed E-state index contributed by atoms with van der Waals surface area (Å²) in [5, 5.41) is 8.78. The lowest BCUT2D eigenvalue weighted by Crippen LogP contribution is -2.46. The molecule has 0 radical (unpaired) electrons. The number of nitrogens with one attached hydrogen (secondary N) is 2. The van der Waals surface area contributed by atoms with Crippen LogP contribution >= 0.6 is 11.6 Å². The molecule has 2 amide bonds. The van der Waals surface area contributed by atoms with Gasteiger partial charge in [-0.3, -0.25) is 4.90 Å². The number of amides is 2. The molecule has 3 aromatic rings. The number of unbranched alkanes of at least 4 members (excludes halogenated alkanes) is 1. The molecule has 0 aromatic heterocycles. The molecule has 7 heteroatoms. The van der Waals surface area contributed by atoms with Crippen LogP contribution in [0.25, 0.3) is 10.8 Å². The number of hydrogen-bond acceptors (Lipinski definition) is 4. The fourth-order valence-electron chi connectivity index (χ4n) is 4.39. The van der Waals surface area contributed by atoms with E-state index in [-0.39, 0.29) is 6.03 Å². The minimum absolute atomic E-state index is 0.196. The molecule has 1 aliphatic rings. The van der Waals surface area contributed by atoms with Crippen molar-refractivity contribution in [3.63, 3.8) is 0 Å². The zero-order chi connectivity index (χ0) is 24.5. The highest BCUT2D eigenvalue weighted by atomic mass is 35.5. The number of anilines is 2. The van der Waals surface area contributed by atoms with Crippen LogP contribution in [0.5, 0.6) is 5.75 Å². The Morgan fingerprint density at radius 2 is 1.74 bits per heavy atom. The number of piperazine rings is 1. The molecule has 1 heterocycles. The number of rotatable bonds is 10. The van der Waals surface area contributed by atoms with E-state index in [2.05, 4.69) is 39.5 Å². The van der Waals surface area contributed by atoms with Gasteiger partial charge in [-0.25, -0.2) is 4.79 Å². The monoisotopic (exact) mass is 494 g/mol. The van der Waals surface area contributed by atoms with Crippen LogP contribution < -0.4 is 20.3 Å². The summed E-state index contributed by atoms with van der Waals surface area (Å²) in [7, 11) is 0. The van der Waals surface area contributed by atoms with Gasteiger partial charge in [-0.1, -0.05) is 55.3 Å². The van der Waals surface area contributed by atoms with Gasteiger partial charge in [0.1, 0.15) is 5.75 Å². The van der Waals surface area contributed by atoms with E-state index >= 15 is 0 Å². The van der Waals surface area contributed by atoms with Crippen LogP contribution in [0, 0.1) is 0 Å². The molecule has 0 unspecified atom stereocenters. The third kappa shape index (κ3) is 7.03. The van der Waals surface area contributed by atoms with E-state index < -0.39 is 0 Å². The van der Waals surface area contributed by atoms with Crippen LogP contribution in [0.1, 0.15) is 26.2 Å². The summed E-state index contributed by atoms with van der Waals surface area (Å²) in [6, 6.07) is 19.9. The van der Waals surface area contributed by atoms with E-state index in [4.69, 9.17) is 16.3 Å². The predicted molar refractivity (Wildman–Crippen MR) is 146 cm³/mol. The van der Waals surface area contributed by atoms with Crippen LogP contribution in [0.3, 0.4) is 0 Å². The lowest BCUT2D eigenvalue weighted by molar-refractivity contribution is 0.225. The zero-order valence-corrected chi connectivity index (χ0v) is 21.2. The molecule has 6 nitrogen and oxygen atoms in total. The van der Waals surface area contributed by atoms with Gasteiger partial charge in [0.05, 0.1) is 12.3 Å². The average molecular weight is 495 g/mol. The van der Waals surface area contributed by atoms with Gasteiger partial charge < -0.3 is 20.3 Å². The van der Waals surface area contributed by atoms with Gasteiger partial charge >= 0.3 is 6.03 Å². The number of hydrogen-bond donors (Lipinski definition) is 2. The minimum Gasteiger partial charge on any atom is -0.491 e. The Hall–Kier alpha value is -2.96. The van der Waals surface area contributed by atoms with Crippen LogP contribution in [0.4, 0.5) is 16.2 Å². The number of urea groups is 1. The number of ether oxygens (including phenoxy) is 1. The maximum Gasteiger partial charge on any atom is 0.319 e. The largest absolute Gasteiger partial charge is 0.491 e. The fraction of sp³-hybridized carbons (Fsp3) is 0.393. The maximum atomic E-state index is 12.5. The van der Waals surface area contributed by atoms with Crippen molar-refractivity contribution in [3.05, 3.63) is 65.7 Å². The Kier molecular flexibility index (Phi) is 9.09. The lowest BCUT2D eigenvalue weighted by atomic mass is 10.1. The topological polar surface area (TPSA) is 56.8 Å². The Bertz CT molecular complexity index is 1100. The van der Waals surface area contributed by atoms with E-state index in [0.29, 0.717) is 18.9 Å². The van der Waals surface area contributed by atoms with Crippen molar-refractivity contribution in [2.75, 3.05) is 56.1 Å². The smallest absolute Gasteiger partial charge is 0.319 e. The number of carbonyl (C=O) groups excluding carboxylic acids is 1. The summed E-state index contributed by atoms with van der Waals surface area (Å²) in [5.41, 5.74) is 1.96. The van der Waals surface area contributed by atoms with Crippen molar-refractivity contribution in [3.8, 4) is 5.75 Å². The molecule has 1 saturated heterocycles. The van der Waals surface area contributed by atoms with Gasteiger partial charge in [0.25, 0.3) is 0 Å². The molecule has 2 N–H and O–H groups in total. The summed E-state index contributed by atoms with van der Waals surface area (Å²) >= 11 is 6.02. The van der Waals surface area contributed by atoms with Gasteiger partial charge in [-0.15, -0.1) is 0 Å². The molecule has 1 aliphatic heterocycles. The lowest BCUT2D eigenvalue weighted by Gasteiger charge is -2.36. The summed E-state index contributed by atoms with van der Waals surface area (Å²) in [5.74, 6) is 0.710. The van der Waals surface area contributed by atoms with Crippen molar-refractivity contribution in [2.24, 2.45) is 0 Å². The summed E-state index contributed by atoms with van der Waals surface area (Å²) in [6.07, 6.45) is 2.93. The molecule has 0 atom stereocenters. The molecule has 0 aliphatic carbocycles. The minimum atomic E-state index is -0.196. The Morgan fingerprint density at radius 3 is 2.51 bits per heavy atom. The third-order valence-electron chi connectivity index (χ3n) is 6.39. The van der Waals surface area contributed by atoms with Crippen LogP contribution in [0.15, 0.2) is 60.7 Å². The predicted octanol–water partition coefficient (Wildman–Crippen LogP) is 6.01. The van der Waals surface area contributed by atoms with Gasteiger partial charge in [0, 0.05) is 55.4 Å². The summed E-state index contributed by atoms with van der Waals surface area (Å²) < 4.78 is 6.17. The number of nitrogens with zero attached hydrogens (tertiary/aromatic N) is 2. The maximum absolute atomic E-state index is 12.5. The number of benzene rings is 3. The van der Waals surface area contributed by atoms with E-state index in [1.165, 1.54) is 5.69 Å². The fourth-order valence-corrected chi connectivity index (χ4v) is 4.52. The van der Waals surface area contributed by atoms with Crippen LogP contribution in [-0.4, -0.2) is 56.8 Å². The van der Waals surface area contributed by atoms with Crippen LogP contribution in [0.2, 0.25) is 5.02 Å². The van der Waals surface area contributed by atoms with Gasteiger partial charge in [-0.05, 0) is 48.6 Å². The summed E-state index contributed by atoms with van der Waals surface area (Å²) in [6.45, 7) is 8.43. The van der Waals surface area contributed by atoms with Gasteiger partial charge in [-0.2, -0.15) is 0 Å². The van der Waals surface area contributed by atoms with Crippen molar-refractivity contribution in [2.45, 2.75) is 26.2 Å². The highest BCUT2D eigenvalue weighted by Crippen LogP contribution is 2.33. The molecular weight excluding hydrogens is 460 g/mol. The first kappa shape index (κ1) is 25.1. The first-order valence-electron chi connectivity index (χ1n) is 12.6. The molecule has 186 valence electrons. The van der Waals surface area contributed by atoms with E-state index in [1.807, 2.05) is 48.5 Å². The molecule has 0 bridgehead atoms. The first-order chi connectivity index (χ1) is 17.1. The second-order valence-electron chi connectivity index (χ2n) is 8.90. The quantitative estimate of drug-likeness (QED) is 0.339. The van der Waals surface area contributed by atoms with Crippen molar-refractivity contribution in [1.29, 1.82) is 0 Å². The zero-order valence-electron chi connectivity index (χ0n) is 20.4. The molecule has 0 spiro atoms. The van der Waals surface area contributed by atoms with Crippen molar-refractivity contribution < 1.29 is 9.53 Å². The second-order valence-corrected chi connectivity index (χ2v) is 9.34. The third-order valence-corrected chi connectivity index (χ3v) is 6.64. The second kappa shape index (κ2) is 12.7. The van der Waals surface area contributed by atoms with E-state index in [9.17, 15) is 4.79 Å². The number of halogens is 1. The van der Waals surface area contributed by atoms with Crippen molar-refractivity contribution >= 4 is 39.8 Å². The molecule has 3 aromatic carbocycles. The molecular formula is C28H35ClN4O2. The van der Waals surface area contributed by atoms with Crippen LogP contribution in [-0.2, 0) is 0 Å². The van der Waals surface area contributed by atoms with Gasteiger partial charge in [0.2, 0.25) is 0 Å². The number of fused-ring (bicyclic) bond motifs is 1. The molecule has 35 heavy (non-hydrogen) atoms. The van der Waals surface area contributed by atoms with Gasteiger partial charge in [0.15, 0.2) is 0 Å². The normalized spacial score (nSPS) is 14.2. The molecule has 1 fully saturated rings. The molecule has 4 rings (SSSR count). The molecule has 0 saturated carbocycles. The Balaban J connectivity index is 1.29. The number of carbonyl (C=O) groups is 1. The highest BCUT2D eigenvalue weighted by molar-refractivity contribution is 6.30. The highest BCUT2D eigenvalue weighted by Gasteiger charge is 2.17. The van der Waals surface area contributed by atoms with E-state index in [1.54, 1.807) is 0 Å². The average Bonchev–Trinajstić information content (AvgIpc) is 2.88. The SMILES string of the molecule is CCCCNC(=O)Nc1c(OCCCN2CCN(c3ccc(Cl)cc3)CC2)ccc2ccccc12. The van der Waals surface area contributed by atoms with Crippen molar-refractivity contribution in [1.82, 2.24) is 10.2 Å². The summed E-state index contributed by atoms with van der Waals surface area (Å²) in [4.78, 5) is 17.4.